The second-order valence-electron chi connectivity index (χ2n) is 4.36. The van der Waals surface area contributed by atoms with E-state index in [0.29, 0.717) is 12.5 Å². The molecule has 1 heterocycles. The Hall–Kier alpha value is -1.01. The summed E-state index contributed by atoms with van der Waals surface area (Å²) in [6, 6.07) is -0.0991. The van der Waals surface area contributed by atoms with Crippen molar-refractivity contribution in [3.05, 3.63) is 18.2 Å². The summed E-state index contributed by atoms with van der Waals surface area (Å²) < 4.78 is 6.72. The third-order valence-electron chi connectivity index (χ3n) is 2.63. The molecule has 0 aliphatic rings. The standard InChI is InChI=1S/C12H21N3O2S/c1-9(2)15-8-14-6-10(15)7-18-5-4-11(13)12(16)17-3/h6,8-9,11H,4-5,7,13H2,1-3H3. The quantitative estimate of drug-likeness (QED) is 0.602. The van der Waals surface area contributed by atoms with Gasteiger partial charge in [0, 0.05) is 23.7 Å². The fourth-order valence-corrected chi connectivity index (χ4v) is 2.56. The van der Waals surface area contributed by atoms with Crippen LogP contribution in [0.15, 0.2) is 12.5 Å². The van der Waals surface area contributed by atoms with Crippen LogP contribution in [0.25, 0.3) is 0 Å². The van der Waals surface area contributed by atoms with Crippen molar-refractivity contribution in [1.29, 1.82) is 0 Å². The molecule has 0 radical (unpaired) electrons. The number of esters is 1. The van der Waals surface area contributed by atoms with Crippen LogP contribution in [-0.4, -0.2) is 34.4 Å². The minimum atomic E-state index is -0.516. The summed E-state index contributed by atoms with van der Waals surface area (Å²) in [7, 11) is 1.36. The van der Waals surface area contributed by atoms with E-state index in [2.05, 4.69) is 28.1 Å². The van der Waals surface area contributed by atoms with Crippen molar-refractivity contribution in [2.24, 2.45) is 5.73 Å². The van der Waals surface area contributed by atoms with E-state index in [1.165, 1.54) is 12.8 Å². The van der Waals surface area contributed by atoms with Gasteiger partial charge in [-0.2, -0.15) is 11.8 Å². The minimum absolute atomic E-state index is 0.345. The zero-order valence-corrected chi connectivity index (χ0v) is 11.9. The predicted octanol–water partition coefficient (Wildman–Crippen LogP) is 1.59. The number of hydrogen-bond donors (Lipinski definition) is 1. The average molecular weight is 271 g/mol. The first-order chi connectivity index (χ1) is 8.56. The molecule has 0 aliphatic carbocycles. The molecule has 0 saturated carbocycles. The number of rotatable bonds is 7. The monoisotopic (exact) mass is 271 g/mol. The van der Waals surface area contributed by atoms with Crippen LogP contribution in [0.4, 0.5) is 0 Å². The predicted molar refractivity (Wildman–Crippen MR) is 73.4 cm³/mol. The van der Waals surface area contributed by atoms with E-state index in [0.717, 1.165) is 11.5 Å². The molecule has 1 aromatic rings. The van der Waals surface area contributed by atoms with Crippen LogP contribution in [0.1, 0.15) is 32.0 Å². The minimum Gasteiger partial charge on any atom is -0.468 e. The molecule has 102 valence electrons. The van der Waals surface area contributed by atoms with E-state index in [9.17, 15) is 4.79 Å². The molecule has 1 aromatic heterocycles. The molecule has 0 aromatic carbocycles. The van der Waals surface area contributed by atoms with Crippen molar-refractivity contribution < 1.29 is 9.53 Å². The highest BCUT2D eigenvalue weighted by Gasteiger charge is 2.13. The maximum Gasteiger partial charge on any atom is 0.322 e. The zero-order valence-electron chi connectivity index (χ0n) is 11.1. The van der Waals surface area contributed by atoms with Gasteiger partial charge in [-0.05, 0) is 26.0 Å². The second kappa shape index (κ2) is 7.43. The maximum absolute atomic E-state index is 11.1. The highest BCUT2D eigenvalue weighted by molar-refractivity contribution is 7.98. The maximum atomic E-state index is 11.1. The summed E-state index contributed by atoms with van der Waals surface area (Å²) in [4.78, 5) is 15.3. The van der Waals surface area contributed by atoms with Gasteiger partial charge in [0.2, 0.25) is 0 Å². The zero-order chi connectivity index (χ0) is 13.5. The van der Waals surface area contributed by atoms with E-state index < -0.39 is 6.04 Å². The Morgan fingerprint density at radius 1 is 1.61 bits per heavy atom. The summed E-state index contributed by atoms with van der Waals surface area (Å²) in [5, 5.41) is 0. The second-order valence-corrected chi connectivity index (χ2v) is 5.46. The molecule has 0 aliphatic heterocycles. The largest absolute Gasteiger partial charge is 0.468 e. The molecular formula is C12H21N3O2S. The average Bonchev–Trinajstić information content (AvgIpc) is 2.81. The highest BCUT2D eigenvalue weighted by atomic mass is 32.2. The number of thioether (sulfide) groups is 1. The van der Waals surface area contributed by atoms with E-state index in [4.69, 9.17) is 5.73 Å². The van der Waals surface area contributed by atoms with Gasteiger partial charge in [-0.3, -0.25) is 4.79 Å². The smallest absolute Gasteiger partial charge is 0.322 e. The van der Waals surface area contributed by atoms with Crippen molar-refractivity contribution in [3.63, 3.8) is 0 Å². The lowest BCUT2D eigenvalue weighted by Gasteiger charge is -2.12. The first kappa shape index (κ1) is 15.0. The van der Waals surface area contributed by atoms with E-state index in [1.807, 2.05) is 12.5 Å². The molecule has 18 heavy (non-hydrogen) atoms. The first-order valence-corrected chi connectivity index (χ1v) is 7.13. The van der Waals surface area contributed by atoms with Gasteiger partial charge in [-0.25, -0.2) is 4.98 Å². The Labute approximate surface area is 112 Å². The summed E-state index contributed by atoms with van der Waals surface area (Å²) in [5.74, 6) is 1.37. The van der Waals surface area contributed by atoms with Gasteiger partial charge in [-0.1, -0.05) is 0 Å². The summed E-state index contributed by atoms with van der Waals surface area (Å²) in [6.07, 6.45) is 4.36. The van der Waals surface area contributed by atoms with Crippen molar-refractivity contribution in [2.75, 3.05) is 12.9 Å². The van der Waals surface area contributed by atoms with Crippen LogP contribution in [0, 0.1) is 0 Å². The SMILES string of the molecule is COC(=O)C(N)CCSCc1cncn1C(C)C. The number of carbonyl (C=O) groups is 1. The van der Waals surface area contributed by atoms with Crippen LogP contribution >= 0.6 is 11.8 Å². The Morgan fingerprint density at radius 2 is 2.33 bits per heavy atom. The van der Waals surface area contributed by atoms with Gasteiger partial charge in [0.1, 0.15) is 6.04 Å². The molecule has 6 heteroatoms. The summed E-state index contributed by atoms with van der Waals surface area (Å²) in [5.41, 5.74) is 6.86. The van der Waals surface area contributed by atoms with Crippen molar-refractivity contribution >= 4 is 17.7 Å². The normalized spacial score (nSPS) is 12.7. The van der Waals surface area contributed by atoms with Crippen LogP contribution in [0.3, 0.4) is 0 Å². The summed E-state index contributed by atoms with van der Waals surface area (Å²) in [6.45, 7) is 4.26. The molecule has 2 N–H and O–H groups in total. The molecule has 5 nitrogen and oxygen atoms in total. The number of nitrogens with two attached hydrogens (primary N) is 1. The Morgan fingerprint density at radius 3 is 2.94 bits per heavy atom. The van der Waals surface area contributed by atoms with E-state index >= 15 is 0 Å². The Balaban J connectivity index is 2.30. The molecule has 0 bridgehead atoms. The van der Waals surface area contributed by atoms with Crippen molar-refractivity contribution in [3.8, 4) is 0 Å². The third kappa shape index (κ3) is 4.34. The fraction of sp³-hybridized carbons (Fsp3) is 0.667. The lowest BCUT2D eigenvalue weighted by molar-refractivity contribution is -0.142. The van der Waals surface area contributed by atoms with Gasteiger partial charge in [0.15, 0.2) is 0 Å². The van der Waals surface area contributed by atoms with Gasteiger partial charge >= 0.3 is 5.97 Å². The van der Waals surface area contributed by atoms with Crippen LogP contribution < -0.4 is 5.73 Å². The number of methoxy groups -OCH3 is 1. The lowest BCUT2D eigenvalue weighted by Crippen LogP contribution is -2.31. The van der Waals surface area contributed by atoms with Gasteiger partial charge in [0.25, 0.3) is 0 Å². The number of hydrogen-bond acceptors (Lipinski definition) is 5. The topological polar surface area (TPSA) is 70.1 Å². The Kier molecular flexibility index (Phi) is 6.21. The molecule has 1 unspecified atom stereocenters. The summed E-state index contributed by atoms with van der Waals surface area (Å²) >= 11 is 1.75. The molecule has 0 spiro atoms. The lowest BCUT2D eigenvalue weighted by atomic mass is 10.2. The molecule has 1 atom stereocenters. The molecular weight excluding hydrogens is 250 g/mol. The highest BCUT2D eigenvalue weighted by Crippen LogP contribution is 2.16. The van der Waals surface area contributed by atoms with E-state index in [-0.39, 0.29) is 5.97 Å². The number of aromatic nitrogens is 2. The number of carbonyl (C=O) groups excluding carboxylic acids is 1. The van der Waals surface area contributed by atoms with E-state index in [1.54, 1.807) is 11.8 Å². The van der Waals surface area contributed by atoms with Gasteiger partial charge < -0.3 is 15.0 Å². The van der Waals surface area contributed by atoms with Crippen LogP contribution in [0.5, 0.6) is 0 Å². The van der Waals surface area contributed by atoms with Gasteiger partial charge in [-0.15, -0.1) is 0 Å². The molecule has 1 rings (SSSR count). The van der Waals surface area contributed by atoms with Crippen molar-refractivity contribution in [1.82, 2.24) is 9.55 Å². The first-order valence-electron chi connectivity index (χ1n) is 5.98. The number of imidazole rings is 1. The van der Waals surface area contributed by atoms with Crippen molar-refractivity contribution in [2.45, 2.75) is 38.1 Å². The van der Waals surface area contributed by atoms with Crippen LogP contribution in [-0.2, 0) is 15.3 Å². The molecule has 0 saturated heterocycles. The Bertz CT molecular complexity index is 379. The molecule has 0 fully saturated rings. The third-order valence-corrected chi connectivity index (χ3v) is 3.65. The molecule has 0 amide bonds. The van der Waals surface area contributed by atoms with Crippen LogP contribution in [0.2, 0.25) is 0 Å². The number of nitrogens with zero attached hydrogens (tertiary/aromatic N) is 2. The number of ether oxygens (including phenoxy) is 1. The van der Waals surface area contributed by atoms with Gasteiger partial charge in [0.05, 0.1) is 13.4 Å². The fourth-order valence-electron chi connectivity index (χ4n) is 1.57.